The number of hydrogen-bond donors (Lipinski definition) is 3. The number of unbranched alkanes of at least 4 members (excludes halogenated alkanes) is 3. The molecule has 0 aliphatic heterocycles. The van der Waals surface area contributed by atoms with Crippen molar-refractivity contribution in [1.29, 1.82) is 0 Å². The first-order valence-electron chi connectivity index (χ1n) is 11.1. The van der Waals surface area contributed by atoms with E-state index in [2.05, 4.69) is 5.32 Å². The van der Waals surface area contributed by atoms with Gasteiger partial charge in [0.2, 0.25) is 0 Å². The second kappa shape index (κ2) is 11.9. The smallest absolute Gasteiger partial charge is 0.296 e. The van der Waals surface area contributed by atoms with Gasteiger partial charge >= 0.3 is 0 Å². The maximum Gasteiger partial charge on any atom is 0.296 e. The molecule has 1 atom stereocenters. The normalized spacial score (nSPS) is 12.8. The van der Waals surface area contributed by atoms with Crippen molar-refractivity contribution in [2.75, 3.05) is 26.3 Å². The van der Waals surface area contributed by atoms with E-state index >= 15 is 0 Å². The third kappa shape index (κ3) is 6.83. The average molecular weight is 461 g/mol. The standard InChI is InChI=1S/C25H30F2N2O4/c26-25(27,20-10-4-3-5-11-20)18-33-16-7-2-1-6-15-28-17-23(32)29-22(31)14-13-19-9-8-12-21(30)24(19)29/h3-5,8-14,23,28,30,32H,1-2,6-7,15-18H2. The van der Waals surface area contributed by atoms with Crippen LogP contribution in [0.4, 0.5) is 8.78 Å². The fraction of sp³-hybridized carbons (Fsp3) is 0.400. The van der Waals surface area contributed by atoms with Gasteiger partial charge in [-0.25, -0.2) is 0 Å². The minimum absolute atomic E-state index is 0.0424. The topological polar surface area (TPSA) is 83.7 Å². The fourth-order valence-electron chi connectivity index (χ4n) is 3.69. The number of nitrogens with zero attached hydrogens (tertiary/aromatic N) is 1. The van der Waals surface area contributed by atoms with Gasteiger partial charge in [-0.05, 0) is 31.5 Å². The Balaban J connectivity index is 1.31. The van der Waals surface area contributed by atoms with Gasteiger partial charge in [-0.2, -0.15) is 8.78 Å². The number of para-hydroxylation sites is 1. The van der Waals surface area contributed by atoms with E-state index in [0.29, 0.717) is 23.9 Å². The molecule has 33 heavy (non-hydrogen) atoms. The van der Waals surface area contributed by atoms with E-state index in [1.54, 1.807) is 36.4 Å². The Labute approximate surface area is 191 Å². The van der Waals surface area contributed by atoms with Crippen LogP contribution in [0.3, 0.4) is 0 Å². The SMILES string of the molecule is O=c1ccc2cccc(O)c2n1C(O)CNCCCCCCOCC(F)(F)c1ccccc1. The van der Waals surface area contributed by atoms with Gasteiger partial charge in [0.05, 0.1) is 5.52 Å². The lowest BCUT2D eigenvalue weighted by Gasteiger charge is -2.18. The molecule has 0 radical (unpaired) electrons. The Hall–Kier alpha value is -2.81. The molecule has 0 aliphatic carbocycles. The Morgan fingerprint density at radius 3 is 2.52 bits per heavy atom. The first kappa shape index (κ1) is 24.8. The number of rotatable bonds is 13. The molecule has 0 saturated carbocycles. The predicted octanol–water partition coefficient (Wildman–Crippen LogP) is 4.16. The summed E-state index contributed by atoms with van der Waals surface area (Å²) in [6.45, 7) is 0.447. The highest BCUT2D eigenvalue weighted by atomic mass is 19.3. The molecule has 6 nitrogen and oxygen atoms in total. The first-order chi connectivity index (χ1) is 15.9. The number of aliphatic hydroxyl groups is 1. The summed E-state index contributed by atoms with van der Waals surface area (Å²) >= 11 is 0. The van der Waals surface area contributed by atoms with Gasteiger partial charge < -0.3 is 20.3 Å². The molecular formula is C25H30F2N2O4. The first-order valence-corrected chi connectivity index (χ1v) is 11.1. The number of aliphatic hydroxyl groups excluding tert-OH is 1. The number of alkyl halides is 2. The van der Waals surface area contributed by atoms with Gasteiger partial charge in [-0.1, -0.05) is 55.3 Å². The second-order valence-electron chi connectivity index (χ2n) is 7.98. The second-order valence-corrected chi connectivity index (χ2v) is 7.98. The number of halogens is 2. The third-order valence-electron chi connectivity index (χ3n) is 5.43. The lowest BCUT2D eigenvalue weighted by atomic mass is 10.1. The van der Waals surface area contributed by atoms with Crippen LogP contribution in [0.25, 0.3) is 10.9 Å². The Kier molecular flexibility index (Phi) is 8.94. The molecule has 1 aromatic heterocycles. The number of hydrogen-bond acceptors (Lipinski definition) is 5. The summed E-state index contributed by atoms with van der Waals surface area (Å²) in [7, 11) is 0. The number of aromatic hydroxyl groups is 1. The quantitative estimate of drug-likeness (QED) is 0.334. The fourth-order valence-corrected chi connectivity index (χ4v) is 3.69. The molecular weight excluding hydrogens is 430 g/mol. The zero-order valence-electron chi connectivity index (χ0n) is 18.4. The van der Waals surface area contributed by atoms with E-state index in [0.717, 1.165) is 19.3 Å². The van der Waals surface area contributed by atoms with E-state index < -0.39 is 24.3 Å². The molecule has 1 unspecified atom stereocenters. The minimum atomic E-state index is -2.99. The number of aromatic nitrogens is 1. The number of benzene rings is 2. The maximum absolute atomic E-state index is 14.0. The van der Waals surface area contributed by atoms with Crippen LogP contribution in [0.2, 0.25) is 0 Å². The summed E-state index contributed by atoms with van der Waals surface area (Å²) in [4.78, 5) is 12.2. The van der Waals surface area contributed by atoms with E-state index in [9.17, 15) is 23.8 Å². The van der Waals surface area contributed by atoms with Crippen LogP contribution in [0.15, 0.2) is 65.5 Å². The summed E-state index contributed by atoms with van der Waals surface area (Å²) in [5, 5.41) is 24.4. The Morgan fingerprint density at radius 2 is 1.73 bits per heavy atom. The summed E-state index contributed by atoms with van der Waals surface area (Å²) in [6.07, 6.45) is 2.14. The molecule has 0 aliphatic rings. The zero-order chi connectivity index (χ0) is 23.7. The number of pyridine rings is 1. The van der Waals surface area contributed by atoms with Gasteiger partial charge in [-0.15, -0.1) is 0 Å². The summed E-state index contributed by atoms with van der Waals surface area (Å²) in [5.74, 6) is -3.05. The van der Waals surface area contributed by atoms with Crippen molar-refractivity contribution in [3.8, 4) is 5.75 Å². The molecule has 3 rings (SSSR count). The number of ether oxygens (including phenoxy) is 1. The van der Waals surface area contributed by atoms with Gasteiger partial charge in [-0.3, -0.25) is 9.36 Å². The van der Waals surface area contributed by atoms with Crippen LogP contribution < -0.4 is 10.9 Å². The minimum Gasteiger partial charge on any atom is -0.506 e. The highest BCUT2D eigenvalue weighted by Crippen LogP contribution is 2.28. The molecule has 0 saturated heterocycles. The van der Waals surface area contributed by atoms with E-state index in [4.69, 9.17) is 4.74 Å². The summed E-state index contributed by atoms with van der Waals surface area (Å²) in [6, 6.07) is 15.5. The van der Waals surface area contributed by atoms with Crippen molar-refractivity contribution in [2.45, 2.75) is 37.8 Å². The molecule has 0 spiro atoms. The van der Waals surface area contributed by atoms with E-state index in [1.165, 1.54) is 28.8 Å². The molecule has 1 heterocycles. The van der Waals surface area contributed by atoms with Gasteiger partial charge in [0.15, 0.2) is 0 Å². The van der Waals surface area contributed by atoms with Crippen molar-refractivity contribution >= 4 is 10.9 Å². The van der Waals surface area contributed by atoms with Crippen molar-refractivity contribution in [3.63, 3.8) is 0 Å². The zero-order valence-corrected chi connectivity index (χ0v) is 18.4. The van der Waals surface area contributed by atoms with E-state index in [1.807, 2.05) is 0 Å². The molecule has 8 heteroatoms. The monoisotopic (exact) mass is 460 g/mol. The van der Waals surface area contributed by atoms with Gasteiger partial charge in [0.25, 0.3) is 11.5 Å². The highest BCUT2D eigenvalue weighted by Gasteiger charge is 2.31. The third-order valence-corrected chi connectivity index (χ3v) is 5.43. The van der Waals surface area contributed by atoms with Crippen LogP contribution in [0.5, 0.6) is 5.75 Å². The lowest BCUT2D eigenvalue weighted by Crippen LogP contribution is -2.32. The molecule has 0 fully saturated rings. The van der Waals surface area contributed by atoms with Crippen LogP contribution in [0.1, 0.15) is 37.5 Å². The molecule has 3 aromatic rings. The van der Waals surface area contributed by atoms with Crippen LogP contribution >= 0.6 is 0 Å². The predicted molar refractivity (Wildman–Crippen MR) is 124 cm³/mol. The van der Waals surface area contributed by atoms with Crippen molar-refractivity contribution < 1.29 is 23.7 Å². The maximum atomic E-state index is 14.0. The highest BCUT2D eigenvalue weighted by molar-refractivity contribution is 5.84. The largest absolute Gasteiger partial charge is 0.506 e. The van der Waals surface area contributed by atoms with Gasteiger partial charge in [0, 0.05) is 30.2 Å². The van der Waals surface area contributed by atoms with Crippen molar-refractivity contribution in [3.05, 3.63) is 76.6 Å². The molecule has 0 amide bonds. The lowest BCUT2D eigenvalue weighted by molar-refractivity contribution is -0.0831. The van der Waals surface area contributed by atoms with Crippen LogP contribution in [-0.4, -0.2) is 41.1 Å². The Morgan fingerprint density at radius 1 is 0.970 bits per heavy atom. The number of fused-ring (bicyclic) bond motifs is 1. The Bertz CT molecular complexity index is 1070. The van der Waals surface area contributed by atoms with Crippen molar-refractivity contribution in [2.24, 2.45) is 0 Å². The number of nitrogens with one attached hydrogen (secondary N) is 1. The molecule has 3 N–H and O–H groups in total. The van der Waals surface area contributed by atoms with Gasteiger partial charge in [0.1, 0.15) is 18.6 Å². The molecule has 178 valence electrons. The molecule has 2 aromatic carbocycles. The van der Waals surface area contributed by atoms with Crippen molar-refractivity contribution in [1.82, 2.24) is 9.88 Å². The number of phenolic OH excluding ortho intramolecular Hbond substituents is 1. The average Bonchev–Trinajstić information content (AvgIpc) is 2.81. The number of phenols is 1. The van der Waals surface area contributed by atoms with Crippen LogP contribution in [-0.2, 0) is 10.7 Å². The van der Waals surface area contributed by atoms with E-state index in [-0.39, 0.29) is 24.5 Å². The summed E-state index contributed by atoms with van der Waals surface area (Å²) in [5.41, 5.74) is -0.132. The van der Waals surface area contributed by atoms with Crippen LogP contribution in [0, 0.1) is 0 Å². The molecule has 0 bridgehead atoms. The summed E-state index contributed by atoms with van der Waals surface area (Å²) < 4.78 is 34.4.